The zero-order valence-electron chi connectivity index (χ0n) is 12.5. The van der Waals surface area contributed by atoms with Crippen molar-refractivity contribution in [1.82, 2.24) is 9.62 Å². The van der Waals surface area contributed by atoms with Gasteiger partial charge in [-0.05, 0) is 35.7 Å². The zero-order chi connectivity index (χ0) is 16.4. The predicted molar refractivity (Wildman–Crippen MR) is 86.9 cm³/mol. The Morgan fingerprint density at radius 3 is 2.39 bits per heavy atom. The highest BCUT2D eigenvalue weighted by Crippen LogP contribution is 2.20. The first-order chi connectivity index (χ1) is 11.0. The maximum atomic E-state index is 12.5. The van der Waals surface area contributed by atoms with Crippen LogP contribution in [-0.2, 0) is 10.0 Å². The number of fused-ring (bicyclic) bond motifs is 1. The summed E-state index contributed by atoms with van der Waals surface area (Å²) in [6.07, 6.45) is 0.0129. The number of sulfonamides is 1. The molecule has 3 rings (SSSR count). The van der Waals surface area contributed by atoms with Gasteiger partial charge in [-0.1, -0.05) is 30.3 Å². The number of benzene rings is 2. The summed E-state index contributed by atoms with van der Waals surface area (Å²) in [5, 5.41) is 10.8. The molecular formula is C16H18N2O4S. The van der Waals surface area contributed by atoms with Crippen molar-refractivity contribution in [2.75, 3.05) is 13.1 Å². The Hall–Kier alpha value is -2.12. The molecule has 1 aliphatic rings. The molecule has 2 aromatic rings. The molecule has 0 aliphatic carbocycles. The quantitative estimate of drug-likeness (QED) is 0.901. The van der Waals surface area contributed by atoms with Gasteiger partial charge in [-0.3, -0.25) is 0 Å². The van der Waals surface area contributed by atoms with E-state index in [2.05, 4.69) is 4.72 Å². The third kappa shape index (κ3) is 3.46. The Balaban J connectivity index is 1.74. The minimum atomic E-state index is -3.61. The van der Waals surface area contributed by atoms with Gasteiger partial charge in [0.05, 0.1) is 4.90 Å². The van der Waals surface area contributed by atoms with Crippen LogP contribution in [-0.4, -0.2) is 43.6 Å². The second kappa shape index (κ2) is 6.17. The normalized spacial score (nSPS) is 16.6. The molecule has 0 saturated carbocycles. The molecule has 0 radical (unpaired) electrons. The number of piperidine rings is 1. The third-order valence-corrected chi connectivity index (χ3v) is 5.64. The minimum Gasteiger partial charge on any atom is -0.465 e. The maximum Gasteiger partial charge on any atom is 0.407 e. The highest BCUT2D eigenvalue weighted by Gasteiger charge is 2.26. The first-order valence-electron chi connectivity index (χ1n) is 7.45. The molecule has 1 fully saturated rings. The van der Waals surface area contributed by atoms with E-state index in [4.69, 9.17) is 5.11 Å². The van der Waals surface area contributed by atoms with Crippen molar-refractivity contribution < 1.29 is 18.3 Å². The summed E-state index contributed by atoms with van der Waals surface area (Å²) in [5.74, 6) is 0. The van der Waals surface area contributed by atoms with E-state index in [1.54, 1.807) is 18.2 Å². The van der Waals surface area contributed by atoms with Crippen LogP contribution in [0.2, 0.25) is 0 Å². The molecule has 0 unspecified atom stereocenters. The standard InChI is InChI=1S/C16H18N2O4S/c19-16(20)18-9-7-14(8-10-18)17-23(21,22)15-6-5-12-3-1-2-4-13(12)11-15/h1-6,11,14,17H,7-10H2,(H,19,20). The van der Waals surface area contributed by atoms with Crippen LogP contribution in [0.15, 0.2) is 47.4 Å². The lowest BCUT2D eigenvalue weighted by molar-refractivity contribution is 0.131. The van der Waals surface area contributed by atoms with E-state index in [1.165, 1.54) is 4.90 Å². The van der Waals surface area contributed by atoms with Crippen LogP contribution in [0.3, 0.4) is 0 Å². The van der Waals surface area contributed by atoms with Gasteiger partial charge < -0.3 is 10.0 Å². The van der Waals surface area contributed by atoms with Crippen LogP contribution < -0.4 is 4.72 Å². The van der Waals surface area contributed by atoms with Crippen LogP contribution >= 0.6 is 0 Å². The Bertz CT molecular complexity index is 827. The number of amides is 1. The number of likely N-dealkylation sites (tertiary alicyclic amines) is 1. The summed E-state index contributed by atoms with van der Waals surface area (Å²) in [6.45, 7) is 0.695. The van der Waals surface area contributed by atoms with Gasteiger partial charge in [0.2, 0.25) is 10.0 Å². The van der Waals surface area contributed by atoms with E-state index in [0.717, 1.165) is 10.8 Å². The number of nitrogens with zero attached hydrogens (tertiary/aromatic N) is 1. The molecule has 0 aromatic heterocycles. The van der Waals surface area contributed by atoms with E-state index in [9.17, 15) is 13.2 Å². The molecule has 0 atom stereocenters. The Kier molecular flexibility index (Phi) is 4.23. The van der Waals surface area contributed by atoms with Crippen molar-refractivity contribution in [3.63, 3.8) is 0 Å². The molecule has 0 spiro atoms. The molecule has 2 aromatic carbocycles. The highest BCUT2D eigenvalue weighted by atomic mass is 32.2. The van der Waals surface area contributed by atoms with Gasteiger partial charge >= 0.3 is 6.09 Å². The number of nitrogens with one attached hydrogen (secondary N) is 1. The molecule has 1 amide bonds. The molecule has 0 bridgehead atoms. The second-order valence-corrected chi connectivity index (χ2v) is 7.39. The van der Waals surface area contributed by atoms with E-state index in [0.29, 0.717) is 25.9 Å². The SMILES string of the molecule is O=C(O)N1CCC(NS(=O)(=O)c2ccc3ccccc3c2)CC1. The lowest BCUT2D eigenvalue weighted by atomic mass is 10.1. The number of carbonyl (C=O) groups is 1. The van der Waals surface area contributed by atoms with Gasteiger partial charge in [-0.25, -0.2) is 17.9 Å². The summed E-state index contributed by atoms with van der Waals surface area (Å²) in [6, 6.07) is 12.4. The first-order valence-corrected chi connectivity index (χ1v) is 8.93. The van der Waals surface area contributed by atoms with Crippen molar-refractivity contribution in [3.8, 4) is 0 Å². The minimum absolute atomic E-state index is 0.233. The monoisotopic (exact) mass is 334 g/mol. The van der Waals surface area contributed by atoms with E-state index < -0.39 is 16.1 Å². The van der Waals surface area contributed by atoms with Crippen LogP contribution in [0.5, 0.6) is 0 Å². The molecule has 1 heterocycles. The first kappa shape index (κ1) is 15.8. The molecular weight excluding hydrogens is 316 g/mol. The smallest absolute Gasteiger partial charge is 0.407 e. The topological polar surface area (TPSA) is 86.7 Å². The number of hydrogen-bond acceptors (Lipinski definition) is 3. The maximum absolute atomic E-state index is 12.5. The van der Waals surface area contributed by atoms with E-state index in [-0.39, 0.29) is 10.9 Å². The van der Waals surface area contributed by atoms with Crippen LogP contribution in [0.1, 0.15) is 12.8 Å². The summed E-state index contributed by atoms with van der Waals surface area (Å²) >= 11 is 0. The molecule has 1 saturated heterocycles. The number of hydrogen-bond donors (Lipinski definition) is 2. The fourth-order valence-corrected chi connectivity index (χ4v) is 4.15. The van der Waals surface area contributed by atoms with Crippen molar-refractivity contribution in [2.45, 2.75) is 23.8 Å². The largest absolute Gasteiger partial charge is 0.465 e. The van der Waals surface area contributed by atoms with Crippen molar-refractivity contribution in [2.24, 2.45) is 0 Å². The Labute approximate surface area is 134 Å². The molecule has 23 heavy (non-hydrogen) atoms. The van der Waals surface area contributed by atoms with Gasteiger partial charge in [0.1, 0.15) is 0 Å². The Morgan fingerprint density at radius 1 is 1.09 bits per heavy atom. The lowest BCUT2D eigenvalue weighted by Gasteiger charge is -2.30. The second-order valence-electron chi connectivity index (χ2n) is 5.67. The average Bonchev–Trinajstić information content (AvgIpc) is 2.54. The summed E-state index contributed by atoms with van der Waals surface area (Å²) < 4.78 is 27.7. The molecule has 122 valence electrons. The summed E-state index contributed by atoms with van der Waals surface area (Å²) in [4.78, 5) is 12.4. The number of carboxylic acid groups (broad SMARTS) is 1. The van der Waals surface area contributed by atoms with Gasteiger partial charge in [0.25, 0.3) is 0 Å². The number of rotatable bonds is 3. The Morgan fingerprint density at radius 2 is 1.74 bits per heavy atom. The van der Waals surface area contributed by atoms with Crippen LogP contribution in [0, 0.1) is 0 Å². The van der Waals surface area contributed by atoms with Crippen LogP contribution in [0.4, 0.5) is 4.79 Å². The fraction of sp³-hybridized carbons (Fsp3) is 0.312. The zero-order valence-corrected chi connectivity index (χ0v) is 13.3. The third-order valence-electron chi connectivity index (χ3n) is 4.12. The predicted octanol–water partition coefficient (Wildman–Crippen LogP) is 2.26. The average molecular weight is 334 g/mol. The molecule has 1 aliphatic heterocycles. The fourth-order valence-electron chi connectivity index (χ4n) is 2.81. The summed E-state index contributed by atoms with van der Waals surface area (Å²) in [5.41, 5.74) is 0. The van der Waals surface area contributed by atoms with Crippen molar-refractivity contribution in [1.29, 1.82) is 0 Å². The lowest BCUT2D eigenvalue weighted by Crippen LogP contribution is -2.46. The molecule has 2 N–H and O–H groups in total. The van der Waals surface area contributed by atoms with Crippen molar-refractivity contribution in [3.05, 3.63) is 42.5 Å². The summed E-state index contributed by atoms with van der Waals surface area (Å²) in [7, 11) is -3.61. The van der Waals surface area contributed by atoms with Gasteiger partial charge in [0.15, 0.2) is 0 Å². The van der Waals surface area contributed by atoms with E-state index in [1.807, 2.05) is 24.3 Å². The van der Waals surface area contributed by atoms with Gasteiger partial charge in [0, 0.05) is 19.1 Å². The van der Waals surface area contributed by atoms with E-state index >= 15 is 0 Å². The molecule has 7 heteroatoms. The van der Waals surface area contributed by atoms with Gasteiger partial charge in [-0.15, -0.1) is 0 Å². The van der Waals surface area contributed by atoms with Crippen molar-refractivity contribution >= 4 is 26.9 Å². The molecule has 6 nitrogen and oxygen atoms in total. The highest BCUT2D eigenvalue weighted by molar-refractivity contribution is 7.89. The van der Waals surface area contributed by atoms with Crippen LogP contribution in [0.25, 0.3) is 10.8 Å². The van der Waals surface area contributed by atoms with Gasteiger partial charge in [-0.2, -0.15) is 0 Å².